The third-order valence-corrected chi connectivity index (χ3v) is 3.46. The highest BCUT2D eigenvalue weighted by atomic mass is 16.5. The van der Waals surface area contributed by atoms with Crippen molar-refractivity contribution in [2.75, 3.05) is 28.4 Å². The summed E-state index contributed by atoms with van der Waals surface area (Å²) >= 11 is 0. The van der Waals surface area contributed by atoms with Crippen LogP contribution in [-0.2, 0) is 6.54 Å². The van der Waals surface area contributed by atoms with Crippen LogP contribution in [0.25, 0.3) is 0 Å². The smallest absolute Gasteiger partial charge is 0.203 e. The molecule has 0 fully saturated rings. The molecule has 6 nitrogen and oxygen atoms in total. The first-order chi connectivity index (χ1) is 11.6. The Hall–Kier alpha value is -2.89. The van der Waals surface area contributed by atoms with Crippen molar-refractivity contribution < 1.29 is 24.1 Å². The normalized spacial score (nSPS) is 10.7. The van der Waals surface area contributed by atoms with Gasteiger partial charge in [0.15, 0.2) is 11.5 Å². The lowest BCUT2D eigenvalue weighted by Gasteiger charge is -2.13. The molecule has 0 saturated carbocycles. The minimum atomic E-state index is 0.143. The molecule has 0 heterocycles. The van der Waals surface area contributed by atoms with E-state index in [1.54, 1.807) is 52.9 Å². The van der Waals surface area contributed by atoms with E-state index in [1.807, 2.05) is 12.1 Å². The molecule has 6 heteroatoms. The minimum absolute atomic E-state index is 0.143. The van der Waals surface area contributed by atoms with E-state index in [0.29, 0.717) is 35.1 Å². The number of nitrogens with zero attached hydrogens (tertiary/aromatic N) is 1. The highest BCUT2D eigenvalue weighted by Gasteiger charge is 2.12. The van der Waals surface area contributed by atoms with Crippen LogP contribution in [0.1, 0.15) is 11.1 Å². The number of benzene rings is 2. The van der Waals surface area contributed by atoms with Crippen molar-refractivity contribution in [3.63, 3.8) is 0 Å². The van der Waals surface area contributed by atoms with E-state index < -0.39 is 0 Å². The fraction of sp³-hybridized carbons (Fsp3) is 0.278. The van der Waals surface area contributed by atoms with E-state index in [-0.39, 0.29) is 5.75 Å². The summed E-state index contributed by atoms with van der Waals surface area (Å²) in [6.45, 7) is 0.396. The van der Waals surface area contributed by atoms with Crippen LogP contribution in [0.2, 0.25) is 0 Å². The molecular formula is C18H21NO5. The number of phenolic OH excluding ortho intramolecular Hbond substituents is 1. The third-order valence-electron chi connectivity index (χ3n) is 3.46. The second-order valence-electron chi connectivity index (χ2n) is 4.93. The number of phenols is 1. The van der Waals surface area contributed by atoms with Crippen molar-refractivity contribution in [3.05, 3.63) is 41.5 Å². The van der Waals surface area contributed by atoms with Gasteiger partial charge in [-0.05, 0) is 35.9 Å². The van der Waals surface area contributed by atoms with Gasteiger partial charge in [0.2, 0.25) is 5.75 Å². The molecule has 1 N–H and O–H groups in total. The topological polar surface area (TPSA) is 69.5 Å². The molecule has 0 aromatic heterocycles. The van der Waals surface area contributed by atoms with Gasteiger partial charge >= 0.3 is 0 Å². The Labute approximate surface area is 141 Å². The third kappa shape index (κ3) is 3.90. The van der Waals surface area contributed by atoms with Crippen molar-refractivity contribution in [1.82, 2.24) is 0 Å². The predicted molar refractivity (Wildman–Crippen MR) is 92.1 cm³/mol. The van der Waals surface area contributed by atoms with Gasteiger partial charge < -0.3 is 24.1 Å². The summed E-state index contributed by atoms with van der Waals surface area (Å²) in [6.07, 6.45) is 1.60. The van der Waals surface area contributed by atoms with E-state index in [9.17, 15) is 5.11 Å². The molecule has 0 aliphatic heterocycles. The molecule has 0 aliphatic carbocycles. The van der Waals surface area contributed by atoms with Gasteiger partial charge in [0.05, 0.1) is 35.0 Å². The van der Waals surface area contributed by atoms with Gasteiger partial charge in [-0.3, -0.25) is 4.99 Å². The van der Waals surface area contributed by atoms with Gasteiger partial charge in [0.25, 0.3) is 0 Å². The number of ether oxygens (including phenoxy) is 4. The first-order valence-electron chi connectivity index (χ1n) is 7.28. The second-order valence-corrected chi connectivity index (χ2v) is 4.93. The molecule has 128 valence electrons. The van der Waals surface area contributed by atoms with Crippen molar-refractivity contribution in [2.24, 2.45) is 4.99 Å². The molecule has 0 spiro atoms. The van der Waals surface area contributed by atoms with E-state index in [4.69, 9.17) is 18.9 Å². The standard InChI is InChI=1S/C18H21NO5/c1-21-14-5-6-15(20)13(9-14)11-19-10-12-7-16(22-2)18(24-4)17(8-12)23-3/h5-9,11,20H,10H2,1-4H3. The lowest BCUT2D eigenvalue weighted by atomic mass is 10.1. The molecule has 0 aliphatic rings. The summed E-state index contributed by atoms with van der Waals surface area (Å²) in [6, 6.07) is 8.65. The molecule has 0 amide bonds. The lowest BCUT2D eigenvalue weighted by molar-refractivity contribution is 0.324. The molecular weight excluding hydrogens is 310 g/mol. The molecule has 24 heavy (non-hydrogen) atoms. The molecule has 0 unspecified atom stereocenters. The summed E-state index contributed by atoms with van der Waals surface area (Å²) in [7, 11) is 6.27. The molecule has 0 radical (unpaired) electrons. The molecule has 0 atom stereocenters. The number of hydrogen-bond donors (Lipinski definition) is 1. The first kappa shape index (κ1) is 17.5. The summed E-state index contributed by atoms with van der Waals surface area (Å²) < 4.78 is 21.1. The van der Waals surface area contributed by atoms with Crippen LogP contribution in [0.3, 0.4) is 0 Å². The fourth-order valence-electron chi connectivity index (χ4n) is 2.24. The summed E-state index contributed by atoms with van der Waals surface area (Å²) in [5.74, 6) is 2.49. The van der Waals surface area contributed by atoms with Gasteiger partial charge in [0, 0.05) is 11.8 Å². The van der Waals surface area contributed by atoms with Crippen LogP contribution in [-0.4, -0.2) is 39.8 Å². The Morgan fingerprint density at radius 3 is 2.12 bits per heavy atom. The van der Waals surface area contributed by atoms with Gasteiger partial charge in [-0.2, -0.15) is 0 Å². The highest BCUT2D eigenvalue weighted by molar-refractivity contribution is 5.84. The van der Waals surface area contributed by atoms with Gasteiger partial charge in [-0.25, -0.2) is 0 Å². The maximum absolute atomic E-state index is 9.86. The highest BCUT2D eigenvalue weighted by Crippen LogP contribution is 2.38. The van der Waals surface area contributed by atoms with E-state index in [0.717, 1.165) is 5.56 Å². The Balaban J connectivity index is 2.23. The zero-order valence-electron chi connectivity index (χ0n) is 14.2. The summed E-state index contributed by atoms with van der Waals surface area (Å²) in [5, 5.41) is 9.86. The van der Waals surface area contributed by atoms with Crippen LogP contribution < -0.4 is 18.9 Å². The van der Waals surface area contributed by atoms with Gasteiger partial charge in [-0.15, -0.1) is 0 Å². The second kappa shape index (κ2) is 8.10. The Bertz CT molecular complexity index is 702. The largest absolute Gasteiger partial charge is 0.507 e. The van der Waals surface area contributed by atoms with Crippen molar-refractivity contribution in [2.45, 2.75) is 6.54 Å². The Morgan fingerprint density at radius 1 is 0.917 bits per heavy atom. The quantitative estimate of drug-likeness (QED) is 0.790. The SMILES string of the molecule is COc1ccc(O)c(C=NCc2cc(OC)c(OC)c(OC)c2)c1. The molecule has 2 aromatic carbocycles. The fourth-order valence-corrected chi connectivity index (χ4v) is 2.24. The van der Waals surface area contributed by atoms with Crippen molar-refractivity contribution in [1.29, 1.82) is 0 Å². The van der Waals surface area contributed by atoms with E-state index in [1.165, 1.54) is 0 Å². The van der Waals surface area contributed by atoms with Crippen molar-refractivity contribution in [3.8, 4) is 28.7 Å². The first-order valence-corrected chi connectivity index (χ1v) is 7.28. The van der Waals surface area contributed by atoms with E-state index >= 15 is 0 Å². The summed E-state index contributed by atoms with van der Waals surface area (Å²) in [4.78, 5) is 4.36. The predicted octanol–water partition coefficient (Wildman–Crippen LogP) is 3.05. The molecule has 2 aromatic rings. The van der Waals surface area contributed by atoms with Crippen LogP contribution in [0.5, 0.6) is 28.7 Å². The number of aliphatic imine (C=N–C) groups is 1. The van der Waals surface area contributed by atoms with Gasteiger partial charge in [0.1, 0.15) is 11.5 Å². The maximum atomic E-state index is 9.86. The summed E-state index contributed by atoms with van der Waals surface area (Å²) in [5.41, 5.74) is 1.48. The maximum Gasteiger partial charge on any atom is 0.203 e. The molecule has 0 bridgehead atoms. The van der Waals surface area contributed by atoms with E-state index in [2.05, 4.69) is 4.99 Å². The molecule has 0 saturated heterocycles. The zero-order chi connectivity index (χ0) is 17.5. The average molecular weight is 331 g/mol. The lowest BCUT2D eigenvalue weighted by Crippen LogP contribution is -1.97. The Kier molecular flexibility index (Phi) is 5.89. The van der Waals surface area contributed by atoms with Crippen LogP contribution >= 0.6 is 0 Å². The molecule has 2 rings (SSSR count). The van der Waals surface area contributed by atoms with Crippen LogP contribution in [0.15, 0.2) is 35.3 Å². The number of methoxy groups -OCH3 is 4. The Morgan fingerprint density at radius 2 is 1.58 bits per heavy atom. The minimum Gasteiger partial charge on any atom is -0.507 e. The zero-order valence-corrected chi connectivity index (χ0v) is 14.2. The number of hydrogen-bond acceptors (Lipinski definition) is 6. The number of aromatic hydroxyl groups is 1. The van der Waals surface area contributed by atoms with Crippen molar-refractivity contribution >= 4 is 6.21 Å². The van der Waals surface area contributed by atoms with Crippen LogP contribution in [0.4, 0.5) is 0 Å². The van der Waals surface area contributed by atoms with Crippen LogP contribution in [0, 0.1) is 0 Å². The average Bonchev–Trinajstić information content (AvgIpc) is 2.62. The number of rotatable bonds is 7. The van der Waals surface area contributed by atoms with Gasteiger partial charge in [-0.1, -0.05) is 0 Å². The monoisotopic (exact) mass is 331 g/mol.